The normalized spacial score (nSPS) is 16.8. The summed E-state index contributed by atoms with van der Waals surface area (Å²) in [6, 6.07) is 10.5. The lowest BCUT2D eigenvalue weighted by molar-refractivity contribution is -0.132. The molecule has 0 saturated carbocycles. The molecule has 158 valence electrons. The number of carbonyl (C=O) groups excluding carboxylic acids is 2. The third kappa shape index (κ3) is 4.37. The largest absolute Gasteiger partial charge is 0.487 e. The van der Waals surface area contributed by atoms with Gasteiger partial charge in [-0.05, 0) is 24.3 Å². The lowest BCUT2D eigenvalue weighted by atomic mass is 10.1. The second kappa shape index (κ2) is 8.69. The van der Waals surface area contributed by atoms with Gasteiger partial charge in [0.05, 0.1) is 5.69 Å². The molecule has 8 heteroatoms. The van der Waals surface area contributed by atoms with Gasteiger partial charge in [0.25, 0.3) is 5.91 Å². The molecule has 2 aliphatic heterocycles. The Morgan fingerprint density at radius 3 is 2.67 bits per heavy atom. The Balaban J connectivity index is 1.28. The zero-order chi connectivity index (χ0) is 21.1. The summed E-state index contributed by atoms with van der Waals surface area (Å²) in [6.07, 6.45) is 1.09. The highest BCUT2D eigenvalue weighted by molar-refractivity contribution is 5.98. The Labute approximate surface area is 173 Å². The highest BCUT2D eigenvalue weighted by Gasteiger charge is 2.28. The Hall–Kier alpha value is -3.16. The quantitative estimate of drug-likeness (QED) is 0.752. The molecule has 0 spiro atoms. The van der Waals surface area contributed by atoms with Gasteiger partial charge in [-0.25, -0.2) is 8.78 Å². The average molecular weight is 416 g/mol. The third-order valence-corrected chi connectivity index (χ3v) is 5.34. The summed E-state index contributed by atoms with van der Waals surface area (Å²) >= 11 is 0. The van der Waals surface area contributed by atoms with Gasteiger partial charge in [0.2, 0.25) is 5.91 Å². The number of hydrogen-bond donors (Lipinski definition) is 0. The molecule has 1 saturated heterocycles. The fraction of sp³-hybridized carbons (Fsp3) is 0.364. The van der Waals surface area contributed by atoms with Gasteiger partial charge >= 0.3 is 0 Å². The number of para-hydroxylation sites is 2. The van der Waals surface area contributed by atoms with E-state index in [0.29, 0.717) is 37.4 Å². The van der Waals surface area contributed by atoms with Crippen molar-refractivity contribution in [3.63, 3.8) is 0 Å². The van der Waals surface area contributed by atoms with Gasteiger partial charge in [-0.1, -0.05) is 12.1 Å². The second-order valence-electron chi connectivity index (χ2n) is 7.32. The number of halogens is 2. The molecular formula is C22H22F2N2O4. The van der Waals surface area contributed by atoms with Crippen LogP contribution in [0.5, 0.6) is 11.5 Å². The molecule has 2 heterocycles. The summed E-state index contributed by atoms with van der Waals surface area (Å²) in [6.45, 7) is 1.23. The number of hydrogen-bond acceptors (Lipinski definition) is 4. The zero-order valence-electron chi connectivity index (χ0n) is 16.4. The number of anilines is 1. The van der Waals surface area contributed by atoms with Crippen LogP contribution in [0.3, 0.4) is 0 Å². The molecule has 0 bridgehead atoms. The summed E-state index contributed by atoms with van der Waals surface area (Å²) in [4.78, 5) is 28.2. The summed E-state index contributed by atoms with van der Waals surface area (Å²) in [5, 5.41) is 0. The Kier molecular flexibility index (Phi) is 5.83. The molecule has 1 fully saturated rings. The van der Waals surface area contributed by atoms with Crippen molar-refractivity contribution < 1.29 is 27.8 Å². The van der Waals surface area contributed by atoms with E-state index < -0.39 is 11.6 Å². The summed E-state index contributed by atoms with van der Waals surface area (Å²) in [5.41, 5.74) is 0.676. The molecule has 2 aromatic carbocycles. The van der Waals surface area contributed by atoms with Gasteiger partial charge in [0, 0.05) is 45.0 Å². The SMILES string of the molecule is O=C(CCN1C(=O)COc2ccccc21)N1CCC(Oc2ccc(F)cc2F)CC1. The molecular weight excluding hydrogens is 394 g/mol. The molecule has 2 amide bonds. The average Bonchev–Trinajstić information content (AvgIpc) is 2.75. The molecule has 0 N–H and O–H groups in total. The highest BCUT2D eigenvalue weighted by Crippen LogP contribution is 2.31. The van der Waals surface area contributed by atoms with E-state index in [4.69, 9.17) is 9.47 Å². The maximum Gasteiger partial charge on any atom is 0.265 e. The van der Waals surface area contributed by atoms with Gasteiger partial charge in [-0.3, -0.25) is 9.59 Å². The van der Waals surface area contributed by atoms with Crippen LogP contribution in [-0.2, 0) is 9.59 Å². The maximum atomic E-state index is 13.8. The fourth-order valence-electron chi connectivity index (χ4n) is 3.74. The van der Waals surface area contributed by atoms with Crippen LogP contribution >= 0.6 is 0 Å². The van der Waals surface area contributed by atoms with E-state index in [1.165, 1.54) is 6.07 Å². The van der Waals surface area contributed by atoms with E-state index in [-0.39, 0.29) is 43.2 Å². The number of likely N-dealkylation sites (tertiary alicyclic amines) is 1. The Bertz CT molecular complexity index is 944. The number of amides is 2. The molecule has 0 aliphatic carbocycles. The van der Waals surface area contributed by atoms with Crippen molar-refractivity contribution in [2.24, 2.45) is 0 Å². The number of benzene rings is 2. The summed E-state index contributed by atoms with van der Waals surface area (Å²) in [5.74, 6) is -0.945. The van der Waals surface area contributed by atoms with E-state index in [1.54, 1.807) is 21.9 Å². The summed E-state index contributed by atoms with van der Waals surface area (Å²) in [7, 11) is 0. The van der Waals surface area contributed by atoms with Gasteiger partial charge < -0.3 is 19.3 Å². The molecule has 2 aliphatic rings. The van der Waals surface area contributed by atoms with Crippen LogP contribution in [-0.4, -0.2) is 49.1 Å². The first-order chi connectivity index (χ1) is 14.5. The molecule has 0 radical (unpaired) electrons. The third-order valence-electron chi connectivity index (χ3n) is 5.34. The minimum absolute atomic E-state index is 0.0191. The Morgan fingerprint density at radius 2 is 1.90 bits per heavy atom. The number of nitrogens with zero attached hydrogens (tertiary/aromatic N) is 2. The minimum atomic E-state index is -0.732. The van der Waals surface area contributed by atoms with E-state index >= 15 is 0 Å². The van der Waals surface area contributed by atoms with E-state index in [1.807, 2.05) is 12.1 Å². The minimum Gasteiger partial charge on any atom is -0.487 e. The van der Waals surface area contributed by atoms with Crippen LogP contribution in [0.2, 0.25) is 0 Å². The summed E-state index contributed by atoms with van der Waals surface area (Å²) < 4.78 is 37.8. The molecule has 2 aromatic rings. The molecule has 0 atom stereocenters. The van der Waals surface area contributed by atoms with Gasteiger partial charge in [0.15, 0.2) is 18.2 Å². The lowest BCUT2D eigenvalue weighted by Crippen LogP contribution is -2.44. The molecule has 0 aromatic heterocycles. The van der Waals surface area contributed by atoms with Crippen LogP contribution in [0.15, 0.2) is 42.5 Å². The van der Waals surface area contributed by atoms with Crippen molar-refractivity contribution in [3.8, 4) is 11.5 Å². The van der Waals surface area contributed by atoms with E-state index in [0.717, 1.165) is 12.1 Å². The van der Waals surface area contributed by atoms with Crippen LogP contribution in [0, 0.1) is 11.6 Å². The number of rotatable bonds is 5. The molecule has 6 nitrogen and oxygen atoms in total. The first kappa shape index (κ1) is 20.1. The first-order valence-electron chi connectivity index (χ1n) is 9.93. The number of fused-ring (bicyclic) bond motifs is 1. The smallest absolute Gasteiger partial charge is 0.265 e. The second-order valence-corrected chi connectivity index (χ2v) is 7.32. The topological polar surface area (TPSA) is 59.1 Å². The van der Waals surface area contributed by atoms with Crippen LogP contribution in [0.4, 0.5) is 14.5 Å². The van der Waals surface area contributed by atoms with Crippen molar-refractivity contribution in [1.29, 1.82) is 0 Å². The van der Waals surface area contributed by atoms with Crippen molar-refractivity contribution in [3.05, 3.63) is 54.1 Å². The van der Waals surface area contributed by atoms with E-state index in [9.17, 15) is 18.4 Å². The zero-order valence-corrected chi connectivity index (χ0v) is 16.4. The van der Waals surface area contributed by atoms with Crippen molar-refractivity contribution in [2.75, 3.05) is 31.1 Å². The monoisotopic (exact) mass is 416 g/mol. The standard InChI is InChI=1S/C22H22F2N2O4/c23-15-5-6-19(17(24)13-15)30-16-7-10-25(11-8-16)21(27)9-12-26-18-3-1-2-4-20(18)29-14-22(26)28/h1-6,13,16H,7-12,14H2. The number of carbonyl (C=O) groups is 2. The first-order valence-corrected chi connectivity index (χ1v) is 9.93. The Morgan fingerprint density at radius 1 is 1.13 bits per heavy atom. The van der Waals surface area contributed by atoms with Gasteiger partial charge in [-0.15, -0.1) is 0 Å². The lowest BCUT2D eigenvalue weighted by Gasteiger charge is -2.33. The maximum absolute atomic E-state index is 13.8. The molecule has 30 heavy (non-hydrogen) atoms. The van der Waals surface area contributed by atoms with E-state index in [2.05, 4.69) is 0 Å². The van der Waals surface area contributed by atoms with Crippen LogP contribution < -0.4 is 14.4 Å². The fourth-order valence-corrected chi connectivity index (χ4v) is 3.74. The highest BCUT2D eigenvalue weighted by atomic mass is 19.1. The predicted molar refractivity (Wildman–Crippen MR) is 105 cm³/mol. The number of ether oxygens (including phenoxy) is 2. The van der Waals surface area contributed by atoms with Crippen LogP contribution in [0.1, 0.15) is 19.3 Å². The van der Waals surface area contributed by atoms with Gasteiger partial charge in [0.1, 0.15) is 17.7 Å². The van der Waals surface area contributed by atoms with Gasteiger partial charge in [-0.2, -0.15) is 0 Å². The van der Waals surface area contributed by atoms with Crippen molar-refractivity contribution in [2.45, 2.75) is 25.4 Å². The van der Waals surface area contributed by atoms with Crippen LogP contribution in [0.25, 0.3) is 0 Å². The molecule has 0 unspecified atom stereocenters. The van der Waals surface area contributed by atoms with Crippen molar-refractivity contribution >= 4 is 17.5 Å². The molecule has 4 rings (SSSR count). The number of piperidine rings is 1. The predicted octanol–water partition coefficient (Wildman–Crippen LogP) is 3.15. The van der Waals surface area contributed by atoms with Crippen molar-refractivity contribution in [1.82, 2.24) is 4.90 Å².